The minimum atomic E-state index is -4.47. The molecule has 0 saturated carbocycles. The van der Waals surface area contributed by atoms with Crippen LogP contribution >= 0.6 is 0 Å². The van der Waals surface area contributed by atoms with Gasteiger partial charge in [0.25, 0.3) is 11.8 Å². The van der Waals surface area contributed by atoms with Crippen LogP contribution in [0.1, 0.15) is 40.5 Å². The predicted molar refractivity (Wildman–Crippen MR) is 93.4 cm³/mol. The summed E-state index contributed by atoms with van der Waals surface area (Å²) < 4.78 is 56.4. The van der Waals surface area contributed by atoms with Crippen molar-refractivity contribution in [2.24, 2.45) is 0 Å². The lowest BCUT2D eigenvalue weighted by Gasteiger charge is -2.31. The first-order valence-electron chi connectivity index (χ1n) is 8.95. The molecule has 1 aliphatic rings. The number of hydrogen-bond donors (Lipinski definition) is 1. The van der Waals surface area contributed by atoms with Gasteiger partial charge in [0.05, 0.1) is 5.56 Å². The number of likely N-dealkylation sites (tertiary alicyclic amines) is 1. The topological polar surface area (TPSA) is 75.0 Å². The Morgan fingerprint density at radius 3 is 2.69 bits per heavy atom. The number of aromatic amines is 1. The third-order valence-corrected chi connectivity index (χ3v) is 4.85. The minimum absolute atomic E-state index is 0.0440. The van der Waals surface area contributed by atoms with Crippen molar-refractivity contribution >= 4 is 5.91 Å². The molecule has 0 radical (unpaired) electrons. The van der Waals surface area contributed by atoms with Crippen LogP contribution in [0, 0.1) is 5.82 Å². The van der Waals surface area contributed by atoms with Crippen LogP contribution in [-0.2, 0) is 6.18 Å². The maximum Gasteiger partial charge on any atom is 0.417 e. The molecule has 1 aromatic carbocycles. The molecule has 1 amide bonds. The number of carbonyl (C=O) groups is 1. The number of nitrogens with one attached hydrogen (secondary N) is 1. The van der Waals surface area contributed by atoms with Crippen LogP contribution in [0.2, 0.25) is 0 Å². The fourth-order valence-corrected chi connectivity index (χ4v) is 3.34. The molecule has 1 N–H and O–H groups in total. The summed E-state index contributed by atoms with van der Waals surface area (Å²) in [4.78, 5) is 21.0. The zero-order chi connectivity index (χ0) is 20.6. The van der Waals surface area contributed by atoms with Crippen LogP contribution in [0.15, 0.2) is 41.1 Å². The monoisotopic (exact) mass is 408 g/mol. The molecule has 3 aromatic rings. The van der Waals surface area contributed by atoms with Crippen LogP contribution in [0.4, 0.5) is 17.6 Å². The number of rotatable bonds is 3. The molecule has 10 heteroatoms. The summed E-state index contributed by atoms with van der Waals surface area (Å²) in [6.45, 7) is 0.886. The van der Waals surface area contributed by atoms with Gasteiger partial charge in [0.2, 0.25) is 0 Å². The van der Waals surface area contributed by atoms with Crippen LogP contribution in [0.3, 0.4) is 0 Å². The average Bonchev–Trinajstić information content (AvgIpc) is 3.37. The normalized spacial score (nSPS) is 17.5. The molecule has 0 bridgehead atoms. The quantitative estimate of drug-likeness (QED) is 0.658. The Morgan fingerprint density at radius 2 is 2.00 bits per heavy atom. The molecule has 0 spiro atoms. The highest BCUT2D eigenvalue weighted by Crippen LogP contribution is 2.32. The second-order valence-corrected chi connectivity index (χ2v) is 6.85. The Bertz CT molecular complexity index is 1010. The molecule has 29 heavy (non-hydrogen) atoms. The number of halogens is 4. The van der Waals surface area contributed by atoms with E-state index in [9.17, 15) is 22.4 Å². The molecule has 1 aliphatic heterocycles. The molecule has 0 aliphatic carbocycles. The van der Waals surface area contributed by atoms with Crippen molar-refractivity contribution in [3.63, 3.8) is 0 Å². The van der Waals surface area contributed by atoms with Crippen LogP contribution in [0.25, 0.3) is 11.6 Å². The van der Waals surface area contributed by atoms with E-state index in [1.54, 1.807) is 4.90 Å². The first-order valence-corrected chi connectivity index (χ1v) is 8.95. The number of piperidine rings is 1. The largest absolute Gasteiger partial charge is 0.417 e. The van der Waals surface area contributed by atoms with Crippen molar-refractivity contribution in [3.05, 3.63) is 59.3 Å². The van der Waals surface area contributed by atoms with Crippen molar-refractivity contribution in [3.8, 4) is 11.6 Å². The van der Waals surface area contributed by atoms with Gasteiger partial charge in [-0.05, 0) is 43.2 Å². The van der Waals surface area contributed by atoms with Gasteiger partial charge in [0, 0.05) is 30.8 Å². The zero-order valence-corrected chi connectivity index (χ0v) is 15.0. The molecule has 1 fully saturated rings. The number of carbonyl (C=O) groups excluding carboxylic acids is 1. The predicted octanol–water partition coefficient (Wildman–Crippen LogP) is 4.24. The van der Waals surface area contributed by atoms with E-state index in [-0.39, 0.29) is 23.4 Å². The molecule has 2 aromatic heterocycles. The molecule has 6 nitrogen and oxygen atoms in total. The van der Waals surface area contributed by atoms with E-state index in [0.29, 0.717) is 37.3 Å². The highest BCUT2D eigenvalue weighted by Gasteiger charge is 2.33. The van der Waals surface area contributed by atoms with Gasteiger partial charge in [-0.3, -0.25) is 4.79 Å². The molecule has 4 rings (SSSR count). The van der Waals surface area contributed by atoms with Gasteiger partial charge in [0.15, 0.2) is 5.82 Å². The Balaban J connectivity index is 1.48. The third-order valence-electron chi connectivity index (χ3n) is 4.85. The Hall–Kier alpha value is -3.17. The third kappa shape index (κ3) is 4.01. The molecular weight excluding hydrogens is 392 g/mol. The Labute approximate surface area is 162 Å². The van der Waals surface area contributed by atoms with Crippen molar-refractivity contribution in [1.82, 2.24) is 20.0 Å². The smallest absolute Gasteiger partial charge is 0.357 e. The molecule has 152 valence electrons. The Morgan fingerprint density at radius 1 is 1.24 bits per heavy atom. The summed E-state index contributed by atoms with van der Waals surface area (Å²) in [5.74, 6) is -0.562. The van der Waals surface area contributed by atoms with Crippen LogP contribution in [-0.4, -0.2) is 39.0 Å². The molecular formula is C19H16F4N4O2. The van der Waals surface area contributed by atoms with E-state index in [1.165, 1.54) is 24.3 Å². The zero-order valence-electron chi connectivity index (χ0n) is 15.0. The van der Waals surface area contributed by atoms with Gasteiger partial charge >= 0.3 is 6.18 Å². The van der Waals surface area contributed by atoms with Crippen LogP contribution in [0.5, 0.6) is 0 Å². The van der Waals surface area contributed by atoms with Gasteiger partial charge in [-0.2, -0.15) is 18.2 Å². The number of benzene rings is 1. The fraction of sp³-hybridized carbons (Fsp3) is 0.316. The van der Waals surface area contributed by atoms with Crippen molar-refractivity contribution < 1.29 is 26.9 Å². The van der Waals surface area contributed by atoms with Crippen LogP contribution < -0.4 is 0 Å². The number of amides is 1. The molecule has 1 saturated heterocycles. The van der Waals surface area contributed by atoms with E-state index in [0.717, 1.165) is 12.3 Å². The lowest BCUT2D eigenvalue weighted by Crippen LogP contribution is -2.39. The van der Waals surface area contributed by atoms with E-state index in [1.807, 2.05) is 0 Å². The fourth-order valence-electron chi connectivity index (χ4n) is 3.34. The lowest BCUT2D eigenvalue weighted by molar-refractivity contribution is -0.137. The first kappa shape index (κ1) is 19.2. The van der Waals surface area contributed by atoms with E-state index >= 15 is 0 Å². The standard InChI is InChI=1S/C19H16F4N4O2/c20-14-5-3-11(4-6-14)18(28)27-7-1-2-12(10-27)16-25-17(29-26-16)15-8-13(9-24-15)19(21,22)23/h3-6,8-9,12,24H,1-2,7,10H2/t12-/m0/s1. The first-order chi connectivity index (χ1) is 13.8. The van der Waals surface area contributed by atoms with Gasteiger partial charge in [-0.1, -0.05) is 5.16 Å². The van der Waals surface area contributed by atoms with Gasteiger partial charge < -0.3 is 14.4 Å². The van der Waals surface area contributed by atoms with Gasteiger partial charge in [-0.25, -0.2) is 4.39 Å². The van der Waals surface area contributed by atoms with Crippen molar-refractivity contribution in [2.45, 2.75) is 24.9 Å². The number of nitrogens with zero attached hydrogens (tertiary/aromatic N) is 3. The minimum Gasteiger partial charge on any atom is -0.357 e. The number of alkyl halides is 3. The lowest BCUT2D eigenvalue weighted by atomic mass is 9.96. The number of aromatic nitrogens is 3. The number of H-pyrrole nitrogens is 1. The second kappa shape index (κ2) is 7.34. The summed E-state index contributed by atoms with van der Waals surface area (Å²) in [6, 6.07) is 6.22. The summed E-state index contributed by atoms with van der Waals surface area (Å²) >= 11 is 0. The maximum atomic E-state index is 13.1. The summed E-state index contributed by atoms with van der Waals surface area (Å²) in [6.07, 6.45) is -2.21. The molecule has 3 heterocycles. The van der Waals surface area contributed by atoms with E-state index in [2.05, 4.69) is 15.1 Å². The van der Waals surface area contributed by atoms with Gasteiger partial charge in [0.1, 0.15) is 11.5 Å². The summed E-state index contributed by atoms with van der Waals surface area (Å²) in [5, 5.41) is 3.89. The SMILES string of the molecule is O=C(c1ccc(F)cc1)N1CCC[C@H](c2noc(-c3cc(C(F)(F)F)c[nH]3)n2)C1. The van der Waals surface area contributed by atoms with E-state index in [4.69, 9.17) is 4.52 Å². The van der Waals surface area contributed by atoms with Crippen molar-refractivity contribution in [2.75, 3.05) is 13.1 Å². The second-order valence-electron chi connectivity index (χ2n) is 6.85. The summed E-state index contributed by atoms with van der Waals surface area (Å²) in [7, 11) is 0. The highest BCUT2D eigenvalue weighted by molar-refractivity contribution is 5.94. The van der Waals surface area contributed by atoms with Gasteiger partial charge in [-0.15, -0.1) is 0 Å². The molecule has 0 unspecified atom stereocenters. The van der Waals surface area contributed by atoms with E-state index < -0.39 is 17.6 Å². The summed E-state index contributed by atoms with van der Waals surface area (Å²) in [5.41, 5.74) is -0.376. The molecule has 1 atom stereocenters. The van der Waals surface area contributed by atoms with Crippen molar-refractivity contribution in [1.29, 1.82) is 0 Å². The maximum absolute atomic E-state index is 13.1. The highest BCUT2D eigenvalue weighted by atomic mass is 19.4. The average molecular weight is 408 g/mol. The number of hydrogen-bond acceptors (Lipinski definition) is 4. The Kier molecular flexibility index (Phi) is 4.85.